The smallest absolute Gasteiger partial charge is 0.0599 e. The van der Waals surface area contributed by atoms with Gasteiger partial charge < -0.3 is 5.73 Å². The number of rotatable bonds is 4. The lowest BCUT2D eigenvalue weighted by molar-refractivity contribution is 0.862. The van der Waals surface area contributed by atoms with E-state index in [0.717, 1.165) is 28.4 Å². The van der Waals surface area contributed by atoms with E-state index in [0.29, 0.717) is 5.02 Å². The molecular weight excluding hydrogens is 334 g/mol. The zero-order valence-electron chi connectivity index (χ0n) is 11.8. The van der Waals surface area contributed by atoms with Crippen LogP contribution in [0.2, 0.25) is 5.02 Å². The van der Waals surface area contributed by atoms with Crippen LogP contribution in [-0.4, -0.2) is 0 Å². The maximum Gasteiger partial charge on any atom is 0.0599 e. The molecule has 3 heteroatoms. The molecule has 0 aliphatic carbocycles. The van der Waals surface area contributed by atoms with Crippen molar-refractivity contribution >= 4 is 27.5 Å². The first-order chi connectivity index (χ1) is 9.58. The van der Waals surface area contributed by atoms with E-state index >= 15 is 0 Å². The normalized spacial score (nSPS) is 12.4. The van der Waals surface area contributed by atoms with Crippen molar-refractivity contribution in [2.24, 2.45) is 5.73 Å². The van der Waals surface area contributed by atoms with E-state index in [1.54, 1.807) is 0 Å². The number of hydrogen-bond donors (Lipinski definition) is 1. The molecule has 0 fully saturated rings. The van der Waals surface area contributed by atoms with Gasteiger partial charge in [0.1, 0.15) is 0 Å². The zero-order valence-corrected chi connectivity index (χ0v) is 14.1. The summed E-state index contributed by atoms with van der Waals surface area (Å²) < 4.78 is 0.882. The third kappa shape index (κ3) is 3.08. The van der Waals surface area contributed by atoms with Crippen LogP contribution in [0.25, 0.3) is 0 Å². The summed E-state index contributed by atoms with van der Waals surface area (Å²) in [4.78, 5) is 0. The molecule has 20 heavy (non-hydrogen) atoms. The van der Waals surface area contributed by atoms with Crippen LogP contribution in [0, 0.1) is 0 Å². The standard InChI is InChI=1S/C17H19BrClN/c1-3-11-8-9-13(10-12(11)4-2)17(20)14-6-5-7-15(18)16(14)19/h5-10,17H,3-4,20H2,1-2H3. The van der Waals surface area contributed by atoms with Crippen molar-refractivity contribution in [3.63, 3.8) is 0 Å². The number of halogens is 2. The van der Waals surface area contributed by atoms with Crippen molar-refractivity contribution in [1.29, 1.82) is 0 Å². The molecule has 106 valence electrons. The Morgan fingerprint density at radius 2 is 1.80 bits per heavy atom. The molecule has 0 spiro atoms. The maximum atomic E-state index is 6.40. The first kappa shape index (κ1) is 15.6. The molecule has 1 unspecified atom stereocenters. The molecule has 2 rings (SSSR count). The molecule has 0 aliphatic rings. The highest BCUT2D eigenvalue weighted by Gasteiger charge is 2.15. The van der Waals surface area contributed by atoms with Gasteiger partial charge >= 0.3 is 0 Å². The lowest BCUT2D eigenvalue weighted by atomic mass is 9.94. The van der Waals surface area contributed by atoms with Crippen molar-refractivity contribution in [3.05, 3.63) is 68.1 Å². The second-order valence-corrected chi connectivity index (χ2v) is 6.09. The number of aryl methyl sites for hydroxylation is 2. The fourth-order valence-electron chi connectivity index (χ4n) is 2.45. The van der Waals surface area contributed by atoms with Crippen molar-refractivity contribution in [3.8, 4) is 0 Å². The molecule has 0 aliphatic heterocycles. The van der Waals surface area contributed by atoms with E-state index in [-0.39, 0.29) is 6.04 Å². The van der Waals surface area contributed by atoms with Gasteiger partial charge in [0.15, 0.2) is 0 Å². The van der Waals surface area contributed by atoms with Crippen LogP contribution in [0.1, 0.15) is 42.1 Å². The Balaban J connectivity index is 2.43. The third-order valence-electron chi connectivity index (χ3n) is 3.67. The molecule has 1 nitrogen and oxygen atoms in total. The molecule has 0 aromatic heterocycles. The van der Waals surface area contributed by atoms with E-state index in [2.05, 4.69) is 48.0 Å². The van der Waals surface area contributed by atoms with E-state index in [1.807, 2.05) is 18.2 Å². The highest BCUT2D eigenvalue weighted by Crippen LogP contribution is 2.32. The minimum absolute atomic E-state index is 0.198. The van der Waals surface area contributed by atoms with E-state index in [9.17, 15) is 0 Å². The molecule has 2 N–H and O–H groups in total. The highest BCUT2D eigenvalue weighted by molar-refractivity contribution is 9.10. The average Bonchev–Trinajstić information content (AvgIpc) is 2.48. The molecule has 2 aromatic carbocycles. The van der Waals surface area contributed by atoms with Gasteiger partial charge in [0.2, 0.25) is 0 Å². The van der Waals surface area contributed by atoms with Crippen LogP contribution in [0.3, 0.4) is 0 Å². The zero-order chi connectivity index (χ0) is 14.7. The van der Waals surface area contributed by atoms with Crippen molar-refractivity contribution in [2.75, 3.05) is 0 Å². The van der Waals surface area contributed by atoms with Gasteiger partial charge in [-0.05, 0) is 57.1 Å². The molecule has 0 amide bonds. The monoisotopic (exact) mass is 351 g/mol. The Morgan fingerprint density at radius 1 is 1.10 bits per heavy atom. The predicted molar refractivity (Wildman–Crippen MR) is 90.4 cm³/mol. The molecule has 0 radical (unpaired) electrons. The molecule has 1 atom stereocenters. The predicted octanol–water partition coefficient (Wildman–Crippen LogP) is 5.28. The molecule has 0 bridgehead atoms. The second kappa shape index (κ2) is 6.75. The molecule has 0 saturated carbocycles. The van der Waals surface area contributed by atoms with E-state index in [1.165, 1.54) is 11.1 Å². The van der Waals surface area contributed by atoms with Gasteiger partial charge in [-0.15, -0.1) is 0 Å². The van der Waals surface area contributed by atoms with Gasteiger partial charge in [-0.25, -0.2) is 0 Å². The summed E-state index contributed by atoms with van der Waals surface area (Å²) in [6, 6.07) is 12.2. The van der Waals surface area contributed by atoms with Crippen LogP contribution in [0.15, 0.2) is 40.9 Å². The maximum absolute atomic E-state index is 6.40. The first-order valence-corrected chi connectivity index (χ1v) is 8.06. The lowest BCUT2D eigenvalue weighted by Crippen LogP contribution is -2.13. The van der Waals surface area contributed by atoms with Crippen LogP contribution >= 0.6 is 27.5 Å². The second-order valence-electron chi connectivity index (χ2n) is 4.86. The first-order valence-electron chi connectivity index (χ1n) is 6.89. The van der Waals surface area contributed by atoms with Gasteiger partial charge in [0.25, 0.3) is 0 Å². The molecule has 0 heterocycles. The number of benzene rings is 2. The average molecular weight is 353 g/mol. The highest BCUT2D eigenvalue weighted by atomic mass is 79.9. The minimum Gasteiger partial charge on any atom is -0.320 e. The Kier molecular flexibility index (Phi) is 5.25. The summed E-state index contributed by atoms with van der Waals surface area (Å²) in [5.41, 5.74) is 11.2. The fraction of sp³-hybridized carbons (Fsp3) is 0.294. The van der Waals surface area contributed by atoms with E-state index in [4.69, 9.17) is 17.3 Å². The quantitative estimate of drug-likeness (QED) is 0.796. The summed E-state index contributed by atoms with van der Waals surface area (Å²) >= 11 is 9.79. The Labute approximate surface area is 134 Å². The van der Waals surface area contributed by atoms with Crippen molar-refractivity contribution in [1.82, 2.24) is 0 Å². The summed E-state index contributed by atoms with van der Waals surface area (Å²) in [7, 11) is 0. The minimum atomic E-state index is -0.198. The van der Waals surface area contributed by atoms with Gasteiger partial charge in [-0.2, -0.15) is 0 Å². The van der Waals surface area contributed by atoms with Gasteiger partial charge in [0, 0.05) is 4.47 Å². The Morgan fingerprint density at radius 3 is 2.45 bits per heavy atom. The largest absolute Gasteiger partial charge is 0.320 e. The summed E-state index contributed by atoms with van der Waals surface area (Å²) in [6.07, 6.45) is 2.08. The van der Waals surface area contributed by atoms with Gasteiger partial charge in [0.05, 0.1) is 11.1 Å². The third-order valence-corrected chi connectivity index (χ3v) is 4.98. The van der Waals surface area contributed by atoms with Crippen LogP contribution < -0.4 is 5.73 Å². The SMILES string of the molecule is CCc1ccc(C(N)c2cccc(Br)c2Cl)cc1CC. The van der Waals surface area contributed by atoms with Crippen LogP contribution in [-0.2, 0) is 12.8 Å². The Hall–Kier alpha value is -0.830. The summed E-state index contributed by atoms with van der Waals surface area (Å²) in [6.45, 7) is 4.36. The van der Waals surface area contributed by atoms with Gasteiger partial charge in [-0.1, -0.05) is 55.8 Å². The summed E-state index contributed by atoms with van der Waals surface area (Å²) in [5, 5.41) is 0.692. The molecule has 0 saturated heterocycles. The van der Waals surface area contributed by atoms with Crippen LogP contribution in [0.4, 0.5) is 0 Å². The topological polar surface area (TPSA) is 26.0 Å². The Bertz CT molecular complexity index is 610. The molecular formula is C17H19BrClN. The van der Waals surface area contributed by atoms with Crippen LogP contribution in [0.5, 0.6) is 0 Å². The van der Waals surface area contributed by atoms with E-state index < -0.39 is 0 Å². The number of hydrogen-bond acceptors (Lipinski definition) is 1. The summed E-state index contributed by atoms with van der Waals surface area (Å²) in [5.74, 6) is 0. The van der Waals surface area contributed by atoms with Gasteiger partial charge in [-0.3, -0.25) is 0 Å². The fourth-order valence-corrected chi connectivity index (χ4v) is 3.08. The van der Waals surface area contributed by atoms with Crippen molar-refractivity contribution in [2.45, 2.75) is 32.7 Å². The lowest BCUT2D eigenvalue weighted by Gasteiger charge is -2.17. The molecule has 2 aromatic rings. The van der Waals surface area contributed by atoms with Crippen molar-refractivity contribution < 1.29 is 0 Å². The number of nitrogens with two attached hydrogens (primary N) is 1.